The number of benzene rings is 1. The zero-order valence-electron chi connectivity index (χ0n) is 10.7. The van der Waals surface area contributed by atoms with Gasteiger partial charge < -0.3 is 5.32 Å². The molecule has 18 heavy (non-hydrogen) atoms. The van der Waals surface area contributed by atoms with Crippen LogP contribution in [0.5, 0.6) is 0 Å². The number of alkyl halides is 1. The van der Waals surface area contributed by atoms with Crippen LogP contribution in [0.2, 0.25) is 10.0 Å². The highest BCUT2D eigenvalue weighted by Crippen LogP contribution is 2.22. The molecule has 1 rings (SSSR count). The summed E-state index contributed by atoms with van der Waals surface area (Å²) >= 11 is 17.7. The second-order valence-electron chi connectivity index (χ2n) is 4.51. The molecule has 1 N–H and O–H groups in total. The van der Waals surface area contributed by atoms with E-state index in [-0.39, 0.29) is 0 Å². The number of hydrogen-bond donors (Lipinski definition) is 1. The molecule has 0 saturated carbocycles. The highest BCUT2D eigenvalue weighted by molar-refractivity contribution is 6.42. The molecular weight excluding hydrogens is 289 g/mol. The standard InChI is InChI=1S/C14H20Cl3N/c1-2-3-11(6-7-15)9-18-10-12-4-5-13(16)14(17)8-12/h4-5,8,11,18H,2-3,6-7,9-10H2,1H3. The zero-order chi connectivity index (χ0) is 13.4. The topological polar surface area (TPSA) is 12.0 Å². The predicted molar refractivity (Wildman–Crippen MR) is 81.9 cm³/mol. The number of hydrogen-bond acceptors (Lipinski definition) is 1. The average molecular weight is 309 g/mol. The summed E-state index contributed by atoms with van der Waals surface area (Å²) in [6.07, 6.45) is 3.50. The maximum Gasteiger partial charge on any atom is 0.0595 e. The van der Waals surface area contributed by atoms with Crippen LogP contribution < -0.4 is 5.32 Å². The quantitative estimate of drug-likeness (QED) is 0.657. The zero-order valence-corrected chi connectivity index (χ0v) is 13.0. The first-order chi connectivity index (χ1) is 8.67. The molecule has 1 aromatic carbocycles. The summed E-state index contributed by atoms with van der Waals surface area (Å²) in [4.78, 5) is 0. The summed E-state index contributed by atoms with van der Waals surface area (Å²) in [5.41, 5.74) is 1.16. The second kappa shape index (κ2) is 9.03. The van der Waals surface area contributed by atoms with Gasteiger partial charge in [-0.2, -0.15) is 0 Å². The van der Waals surface area contributed by atoms with E-state index < -0.39 is 0 Å². The molecule has 1 atom stereocenters. The van der Waals surface area contributed by atoms with Crippen LogP contribution in [0.1, 0.15) is 31.7 Å². The summed E-state index contributed by atoms with van der Waals surface area (Å²) < 4.78 is 0. The number of nitrogens with one attached hydrogen (secondary N) is 1. The number of halogens is 3. The van der Waals surface area contributed by atoms with E-state index in [0.717, 1.165) is 31.0 Å². The Morgan fingerprint density at radius 1 is 1.17 bits per heavy atom. The predicted octanol–water partition coefficient (Wildman–Crippen LogP) is 5.13. The first kappa shape index (κ1) is 16.1. The van der Waals surface area contributed by atoms with Crippen molar-refractivity contribution in [3.05, 3.63) is 33.8 Å². The van der Waals surface area contributed by atoms with Gasteiger partial charge in [-0.05, 0) is 43.0 Å². The maximum atomic E-state index is 5.98. The monoisotopic (exact) mass is 307 g/mol. The van der Waals surface area contributed by atoms with Crippen molar-refractivity contribution in [2.45, 2.75) is 32.7 Å². The van der Waals surface area contributed by atoms with Crippen molar-refractivity contribution in [1.82, 2.24) is 5.32 Å². The molecular formula is C14H20Cl3N. The average Bonchev–Trinajstić information content (AvgIpc) is 2.34. The fourth-order valence-corrected chi connectivity index (χ4v) is 2.61. The van der Waals surface area contributed by atoms with Gasteiger partial charge in [-0.15, -0.1) is 11.6 Å². The molecule has 1 nitrogen and oxygen atoms in total. The van der Waals surface area contributed by atoms with E-state index >= 15 is 0 Å². The van der Waals surface area contributed by atoms with E-state index in [4.69, 9.17) is 34.8 Å². The van der Waals surface area contributed by atoms with E-state index in [0.29, 0.717) is 16.0 Å². The van der Waals surface area contributed by atoms with Crippen molar-refractivity contribution in [1.29, 1.82) is 0 Å². The lowest BCUT2D eigenvalue weighted by Gasteiger charge is -2.15. The van der Waals surface area contributed by atoms with E-state index in [1.165, 1.54) is 12.8 Å². The Hall–Kier alpha value is 0.0500. The van der Waals surface area contributed by atoms with Gasteiger partial charge in [0.25, 0.3) is 0 Å². The molecule has 0 bridgehead atoms. The van der Waals surface area contributed by atoms with Crippen LogP contribution in [-0.4, -0.2) is 12.4 Å². The van der Waals surface area contributed by atoms with E-state index in [2.05, 4.69) is 12.2 Å². The smallest absolute Gasteiger partial charge is 0.0595 e. The largest absolute Gasteiger partial charge is 0.312 e. The van der Waals surface area contributed by atoms with Gasteiger partial charge in [0.2, 0.25) is 0 Å². The molecule has 102 valence electrons. The molecule has 0 aliphatic carbocycles. The van der Waals surface area contributed by atoms with Gasteiger partial charge in [-0.25, -0.2) is 0 Å². The Morgan fingerprint density at radius 2 is 1.94 bits per heavy atom. The molecule has 0 aliphatic heterocycles. The molecule has 4 heteroatoms. The minimum absolute atomic E-state index is 0.603. The lowest BCUT2D eigenvalue weighted by atomic mass is 10.0. The van der Waals surface area contributed by atoms with Crippen molar-refractivity contribution in [2.24, 2.45) is 5.92 Å². The molecule has 1 aromatic rings. The Balaban J connectivity index is 2.37. The lowest BCUT2D eigenvalue weighted by Crippen LogP contribution is -2.22. The van der Waals surface area contributed by atoms with Crippen molar-refractivity contribution >= 4 is 34.8 Å². The lowest BCUT2D eigenvalue weighted by molar-refractivity contribution is 0.430. The van der Waals surface area contributed by atoms with Crippen LogP contribution >= 0.6 is 34.8 Å². The Kier molecular flexibility index (Phi) is 8.08. The van der Waals surface area contributed by atoms with Crippen molar-refractivity contribution in [3.63, 3.8) is 0 Å². The summed E-state index contributed by atoms with van der Waals surface area (Å²) in [5, 5.41) is 4.67. The minimum atomic E-state index is 0.603. The molecule has 0 aromatic heterocycles. The van der Waals surface area contributed by atoms with E-state index in [1.54, 1.807) is 0 Å². The van der Waals surface area contributed by atoms with Crippen molar-refractivity contribution < 1.29 is 0 Å². The van der Waals surface area contributed by atoms with Gasteiger partial charge in [0.1, 0.15) is 0 Å². The van der Waals surface area contributed by atoms with Gasteiger partial charge in [-0.3, -0.25) is 0 Å². The summed E-state index contributed by atoms with van der Waals surface area (Å²) in [7, 11) is 0. The Morgan fingerprint density at radius 3 is 2.56 bits per heavy atom. The molecule has 1 unspecified atom stereocenters. The van der Waals surface area contributed by atoms with Gasteiger partial charge in [0.15, 0.2) is 0 Å². The SMILES string of the molecule is CCCC(CCCl)CNCc1ccc(Cl)c(Cl)c1. The van der Waals surface area contributed by atoms with Gasteiger partial charge in [0.05, 0.1) is 10.0 Å². The van der Waals surface area contributed by atoms with Crippen LogP contribution in [0.3, 0.4) is 0 Å². The van der Waals surface area contributed by atoms with Crippen LogP contribution in [0, 0.1) is 5.92 Å². The highest BCUT2D eigenvalue weighted by Gasteiger charge is 2.06. The highest BCUT2D eigenvalue weighted by atomic mass is 35.5. The first-order valence-electron chi connectivity index (χ1n) is 6.38. The molecule has 0 aliphatic rings. The van der Waals surface area contributed by atoms with Gasteiger partial charge in [0, 0.05) is 12.4 Å². The number of rotatable bonds is 8. The first-order valence-corrected chi connectivity index (χ1v) is 7.67. The molecule has 0 radical (unpaired) electrons. The molecule has 0 fully saturated rings. The second-order valence-corrected chi connectivity index (χ2v) is 5.70. The fraction of sp³-hybridized carbons (Fsp3) is 0.571. The van der Waals surface area contributed by atoms with Crippen LogP contribution in [0.15, 0.2) is 18.2 Å². The fourth-order valence-electron chi connectivity index (χ4n) is 1.98. The van der Waals surface area contributed by atoms with Crippen molar-refractivity contribution in [3.8, 4) is 0 Å². The van der Waals surface area contributed by atoms with Gasteiger partial charge in [-0.1, -0.05) is 42.6 Å². The summed E-state index contributed by atoms with van der Waals surface area (Å²) in [6, 6.07) is 5.74. The van der Waals surface area contributed by atoms with Crippen LogP contribution in [0.4, 0.5) is 0 Å². The van der Waals surface area contributed by atoms with Gasteiger partial charge >= 0.3 is 0 Å². The summed E-state index contributed by atoms with van der Waals surface area (Å²) in [5.74, 6) is 1.40. The van der Waals surface area contributed by atoms with Crippen molar-refractivity contribution in [2.75, 3.05) is 12.4 Å². The van der Waals surface area contributed by atoms with E-state index in [1.807, 2.05) is 18.2 Å². The normalized spacial score (nSPS) is 12.7. The molecule has 0 spiro atoms. The molecule has 0 heterocycles. The molecule has 0 saturated heterocycles. The summed E-state index contributed by atoms with van der Waals surface area (Å²) in [6.45, 7) is 4.03. The third kappa shape index (κ3) is 5.79. The van der Waals surface area contributed by atoms with Crippen LogP contribution in [0.25, 0.3) is 0 Å². The molecule has 0 amide bonds. The van der Waals surface area contributed by atoms with E-state index in [9.17, 15) is 0 Å². The third-order valence-electron chi connectivity index (χ3n) is 2.96. The third-order valence-corrected chi connectivity index (χ3v) is 3.92. The maximum absolute atomic E-state index is 5.98. The minimum Gasteiger partial charge on any atom is -0.312 e. The Labute approximate surface area is 125 Å². The Bertz CT molecular complexity index is 349. The van der Waals surface area contributed by atoms with Crippen LogP contribution in [-0.2, 0) is 6.54 Å².